The van der Waals surface area contributed by atoms with Crippen LogP contribution >= 0.6 is 0 Å². The normalized spacial score (nSPS) is 11.6. The molecule has 0 aromatic carbocycles. The van der Waals surface area contributed by atoms with Crippen molar-refractivity contribution in [1.82, 2.24) is 4.98 Å². The number of aromatic nitrogens is 1. The molecule has 1 rings (SSSR count). The summed E-state index contributed by atoms with van der Waals surface area (Å²) in [5.74, 6) is -0.701. The number of nitrogens with one attached hydrogen (secondary N) is 1. The van der Waals surface area contributed by atoms with Crippen molar-refractivity contribution in [2.45, 2.75) is 20.3 Å². The van der Waals surface area contributed by atoms with E-state index in [4.69, 9.17) is 10.4 Å². The van der Waals surface area contributed by atoms with Crippen LogP contribution in [0.15, 0.2) is 12.3 Å². The highest BCUT2D eigenvalue weighted by molar-refractivity contribution is 5.69. The fraction of sp³-hybridized carbons (Fsp3) is 0.417. The van der Waals surface area contributed by atoms with Crippen LogP contribution in [0.5, 0.6) is 0 Å². The number of anilines is 1. The zero-order valence-corrected chi connectivity index (χ0v) is 9.90. The first-order valence-electron chi connectivity index (χ1n) is 5.38. The molecule has 5 heteroatoms. The van der Waals surface area contributed by atoms with Gasteiger partial charge in [-0.1, -0.05) is 6.92 Å². The second kappa shape index (κ2) is 5.85. The van der Waals surface area contributed by atoms with Gasteiger partial charge in [0, 0.05) is 12.7 Å². The molecule has 2 N–H and O–H groups in total. The number of nitriles is 1. The lowest BCUT2D eigenvalue weighted by molar-refractivity contribution is -0.141. The standard InChI is InChI=1S/C12H15N3O2/c1-8-3-5-14-11(10(8)7-13)15-6-4-9(2)12(16)17/h3,5,9H,4,6H2,1-2H3,(H,14,15)(H,16,17). The Labute approximate surface area is 100 Å². The Morgan fingerprint density at radius 1 is 1.71 bits per heavy atom. The zero-order valence-electron chi connectivity index (χ0n) is 9.90. The molecule has 0 bridgehead atoms. The Balaban J connectivity index is 2.62. The molecule has 1 unspecified atom stereocenters. The van der Waals surface area contributed by atoms with E-state index in [1.54, 1.807) is 19.2 Å². The number of hydrogen-bond acceptors (Lipinski definition) is 4. The summed E-state index contributed by atoms with van der Waals surface area (Å²) in [7, 11) is 0. The number of aliphatic carboxylic acids is 1. The molecule has 0 amide bonds. The first-order chi connectivity index (χ1) is 8.06. The Morgan fingerprint density at radius 2 is 2.41 bits per heavy atom. The van der Waals surface area contributed by atoms with Crippen LogP contribution in [-0.2, 0) is 4.79 Å². The van der Waals surface area contributed by atoms with E-state index in [2.05, 4.69) is 16.4 Å². The third-order valence-electron chi connectivity index (χ3n) is 2.56. The maximum absolute atomic E-state index is 10.6. The Hall–Kier alpha value is -2.09. The summed E-state index contributed by atoms with van der Waals surface area (Å²) in [6.45, 7) is 3.97. The van der Waals surface area contributed by atoms with Crippen molar-refractivity contribution in [3.05, 3.63) is 23.4 Å². The molecule has 0 aliphatic rings. The van der Waals surface area contributed by atoms with E-state index in [9.17, 15) is 4.79 Å². The van der Waals surface area contributed by atoms with Crippen LogP contribution in [-0.4, -0.2) is 22.6 Å². The van der Waals surface area contributed by atoms with Gasteiger partial charge in [-0.05, 0) is 25.0 Å². The molecule has 1 heterocycles. The lowest BCUT2D eigenvalue weighted by Crippen LogP contribution is -2.15. The summed E-state index contributed by atoms with van der Waals surface area (Å²) in [6.07, 6.45) is 2.12. The van der Waals surface area contributed by atoms with Gasteiger partial charge in [-0.25, -0.2) is 4.98 Å². The average Bonchev–Trinajstić information content (AvgIpc) is 2.29. The van der Waals surface area contributed by atoms with Gasteiger partial charge in [-0.2, -0.15) is 5.26 Å². The summed E-state index contributed by atoms with van der Waals surface area (Å²) in [5, 5.41) is 20.7. The van der Waals surface area contributed by atoms with E-state index >= 15 is 0 Å². The molecule has 1 atom stereocenters. The van der Waals surface area contributed by atoms with Gasteiger partial charge in [-0.3, -0.25) is 4.79 Å². The topological polar surface area (TPSA) is 86.0 Å². The minimum absolute atomic E-state index is 0.405. The molecule has 0 spiro atoms. The minimum atomic E-state index is -0.815. The first kappa shape index (κ1) is 13.0. The van der Waals surface area contributed by atoms with Crippen LogP contribution in [0.1, 0.15) is 24.5 Å². The van der Waals surface area contributed by atoms with Gasteiger partial charge in [-0.15, -0.1) is 0 Å². The fourth-order valence-electron chi connectivity index (χ4n) is 1.36. The molecule has 0 aliphatic carbocycles. The van der Waals surface area contributed by atoms with Gasteiger partial charge < -0.3 is 10.4 Å². The zero-order chi connectivity index (χ0) is 12.8. The number of pyridine rings is 1. The van der Waals surface area contributed by atoms with Gasteiger partial charge in [0.15, 0.2) is 0 Å². The van der Waals surface area contributed by atoms with Gasteiger partial charge in [0.25, 0.3) is 0 Å². The highest BCUT2D eigenvalue weighted by atomic mass is 16.4. The van der Waals surface area contributed by atoms with E-state index in [1.165, 1.54) is 0 Å². The van der Waals surface area contributed by atoms with Crippen molar-refractivity contribution in [2.24, 2.45) is 5.92 Å². The molecule has 0 radical (unpaired) electrons. The maximum atomic E-state index is 10.6. The number of hydrogen-bond donors (Lipinski definition) is 2. The van der Waals surface area contributed by atoms with E-state index < -0.39 is 11.9 Å². The van der Waals surface area contributed by atoms with Crippen LogP contribution in [0.3, 0.4) is 0 Å². The molecule has 0 saturated carbocycles. The maximum Gasteiger partial charge on any atom is 0.306 e. The molecular formula is C12H15N3O2. The van der Waals surface area contributed by atoms with Crippen LogP contribution in [0.25, 0.3) is 0 Å². The van der Waals surface area contributed by atoms with Crippen molar-refractivity contribution in [3.8, 4) is 6.07 Å². The highest BCUT2D eigenvalue weighted by Crippen LogP contribution is 2.15. The molecule has 5 nitrogen and oxygen atoms in total. The Kier molecular flexibility index (Phi) is 4.46. The number of carbonyl (C=O) groups is 1. The lowest BCUT2D eigenvalue weighted by atomic mass is 10.1. The van der Waals surface area contributed by atoms with Gasteiger partial charge in [0.2, 0.25) is 0 Å². The summed E-state index contributed by atoms with van der Waals surface area (Å²) in [5.41, 5.74) is 1.37. The third kappa shape index (κ3) is 3.45. The largest absolute Gasteiger partial charge is 0.481 e. The summed E-state index contributed by atoms with van der Waals surface area (Å²) >= 11 is 0. The summed E-state index contributed by atoms with van der Waals surface area (Å²) < 4.78 is 0. The van der Waals surface area contributed by atoms with E-state index in [0.717, 1.165) is 5.56 Å². The van der Waals surface area contributed by atoms with Crippen LogP contribution in [0, 0.1) is 24.2 Å². The second-order valence-corrected chi connectivity index (χ2v) is 3.92. The molecule has 0 aliphatic heterocycles. The molecule has 90 valence electrons. The Morgan fingerprint density at radius 3 is 3.00 bits per heavy atom. The van der Waals surface area contributed by atoms with Gasteiger partial charge >= 0.3 is 5.97 Å². The number of carboxylic acid groups (broad SMARTS) is 1. The Bertz CT molecular complexity index is 452. The fourth-order valence-corrected chi connectivity index (χ4v) is 1.36. The van der Waals surface area contributed by atoms with Crippen molar-refractivity contribution in [3.63, 3.8) is 0 Å². The van der Waals surface area contributed by atoms with E-state index in [0.29, 0.717) is 24.3 Å². The van der Waals surface area contributed by atoms with Crippen LogP contribution in [0.2, 0.25) is 0 Å². The predicted octanol–water partition coefficient (Wildman–Crippen LogP) is 1.78. The lowest BCUT2D eigenvalue weighted by Gasteiger charge is -2.10. The summed E-state index contributed by atoms with van der Waals surface area (Å²) in [4.78, 5) is 14.7. The predicted molar refractivity (Wildman–Crippen MR) is 63.6 cm³/mol. The number of aryl methyl sites for hydroxylation is 1. The first-order valence-corrected chi connectivity index (χ1v) is 5.38. The third-order valence-corrected chi connectivity index (χ3v) is 2.56. The highest BCUT2D eigenvalue weighted by Gasteiger charge is 2.11. The van der Waals surface area contributed by atoms with Crippen molar-refractivity contribution in [1.29, 1.82) is 5.26 Å². The number of nitrogens with zero attached hydrogens (tertiary/aromatic N) is 2. The summed E-state index contributed by atoms with van der Waals surface area (Å²) in [6, 6.07) is 3.85. The van der Waals surface area contributed by atoms with E-state index in [-0.39, 0.29) is 0 Å². The van der Waals surface area contributed by atoms with Crippen molar-refractivity contribution < 1.29 is 9.90 Å². The second-order valence-electron chi connectivity index (χ2n) is 3.92. The molecule has 1 aromatic rings. The average molecular weight is 233 g/mol. The number of carboxylic acids is 1. The SMILES string of the molecule is Cc1ccnc(NCCC(C)C(=O)O)c1C#N. The molecular weight excluding hydrogens is 218 g/mol. The molecule has 17 heavy (non-hydrogen) atoms. The molecule has 1 aromatic heterocycles. The molecule has 0 fully saturated rings. The number of rotatable bonds is 5. The smallest absolute Gasteiger partial charge is 0.306 e. The monoisotopic (exact) mass is 233 g/mol. The molecule has 0 saturated heterocycles. The minimum Gasteiger partial charge on any atom is -0.481 e. The van der Waals surface area contributed by atoms with E-state index in [1.807, 2.05) is 6.92 Å². The van der Waals surface area contributed by atoms with Gasteiger partial charge in [0.05, 0.1) is 11.5 Å². The van der Waals surface area contributed by atoms with Gasteiger partial charge in [0.1, 0.15) is 11.9 Å². The van der Waals surface area contributed by atoms with Crippen molar-refractivity contribution in [2.75, 3.05) is 11.9 Å². The van der Waals surface area contributed by atoms with Crippen LogP contribution < -0.4 is 5.32 Å². The van der Waals surface area contributed by atoms with Crippen LogP contribution in [0.4, 0.5) is 5.82 Å². The van der Waals surface area contributed by atoms with Crippen molar-refractivity contribution >= 4 is 11.8 Å². The quantitative estimate of drug-likeness (QED) is 0.809.